The van der Waals surface area contributed by atoms with Gasteiger partial charge in [0.1, 0.15) is 5.52 Å². The first-order valence-electron chi connectivity index (χ1n) is 8.17. The molecule has 1 heterocycles. The van der Waals surface area contributed by atoms with Crippen LogP contribution in [0.25, 0.3) is 22.6 Å². The number of anilines is 1. The number of halogens is 1. The van der Waals surface area contributed by atoms with Gasteiger partial charge >= 0.3 is 0 Å². The van der Waals surface area contributed by atoms with Gasteiger partial charge in [0.15, 0.2) is 5.58 Å². The maximum Gasteiger partial charge on any atom is 0.261 e. The fourth-order valence-electron chi connectivity index (χ4n) is 2.67. The molecule has 0 saturated carbocycles. The molecule has 4 aromatic rings. The molecule has 136 valence electrons. The molecule has 0 atom stereocenters. The van der Waals surface area contributed by atoms with Gasteiger partial charge in [-0.1, -0.05) is 29.8 Å². The number of aryl methyl sites for hydroxylation is 1. The normalized spacial score (nSPS) is 11.6. The molecular weight excluding hydrogens is 428 g/mol. The number of nitrogens with one attached hydrogen (secondary N) is 1. The van der Waals surface area contributed by atoms with Gasteiger partial charge in [-0.3, -0.25) is 4.72 Å². The van der Waals surface area contributed by atoms with Crippen LogP contribution in [0.1, 0.15) is 5.56 Å². The van der Waals surface area contributed by atoms with Crippen LogP contribution in [0.15, 0.2) is 80.5 Å². The van der Waals surface area contributed by atoms with Gasteiger partial charge in [0.05, 0.1) is 16.1 Å². The molecule has 0 aliphatic rings. The lowest BCUT2D eigenvalue weighted by Crippen LogP contribution is -2.12. The van der Waals surface area contributed by atoms with Crippen molar-refractivity contribution in [2.24, 2.45) is 0 Å². The number of hydrogen-bond donors (Lipinski definition) is 1. The minimum absolute atomic E-state index is 0.210. The smallest absolute Gasteiger partial charge is 0.261 e. The Kier molecular flexibility index (Phi) is 4.49. The van der Waals surface area contributed by atoms with Crippen molar-refractivity contribution in [3.05, 3.63) is 76.8 Å². The molecule has 0 saturated heterocycles. The van der Waals surface area contributed by atoms with Crippen LogP contribution < -0.4 is 4.72 Å². The third-order valence-corrected chi connectivity index (χ3v) is 6.16. The second-order valence-corrected chi connectivity index (χ2v) is 8.64. The molecule has 0 amide bonds. The van der Waals surface area contributed by atoms with Crippen molar-refractivity contribution in [2.45, 2.75) is 11.8 Å². The highest BCUT2D eigenvalue weighted by Crippen LogP contribution is 2.31. The van der Waals surface area contributed by atoms with Crippen molar-refractivity contribution < 1.29 is 12.8 Å². The number of fused-ring (bicyclic) bond motifs is 1. The molecule has 1 N–H and O–H groups in total. The second-order valence-electron chi connectivity index (χ2n) is 6.10. The highest BCUT2D eigenvalue weighted by atomic mass is 79.9. The number of benzene rings is 3. The lowest BCUT2D eigenvalue weighted by atomic mass is 10.2. The largest absolute Gasteiger partial charge is 0.436 e. The highest BCUT2D eigenvalue weighted by molar-refractivity contribution is 9.10. The van der Waals surface area contributed by atoms with Crippen LogP contribution in [0.3, 0.4) is 0 Å². The Bertz CT molecular complexity index is 1230. The number of oxazole rings is 1. The molecule has 0 aliphatic heterocycles. The van der Waals surface area contributed by atoms with Crippen molar-refractivity contribution in [3.63, 3.8) is 0 Å². The highest BCUT2D eigenvalue weighted by Gasteiger charge is 2.16. The summed E-state index contributed by atoms with van der Waals surface area (Å²) < 4.78 is 34.4. The first-order valence-corrected chi connectivity index (χ1v) is 10.4. The molecule has 0 unspecified atom stereocenters. The van der Waals surface area contributed by atoms with Gasteiger partial charge in [0, 0.05) is 4.47 Å². The van der Waals surface area contributed by atoms with Gasteiger partial charge in [-0.05, 0) is 65.3 Å². The Morgan fingerprint density at radius 3 is 2.48 bits per heavy atom. The van der Waals surface area contributed by atoms with Gasteiger partial charge in [0.25, 0.3) is 10.0 Å². The Hall–Kier alpha value is -2.64. The zero-order chi connectivity index (χ0) is 19.0. The molecule has 1 aromatic heterocycles. The maximum absolute atomic E-state index is 12.6. The topological polar surface area (TPSA) is 72.2 Å². The van der Waals surface area contributed by atoms with Crippen molar-refractivity contribution in [3.8, 4) is 11.5 Å². The van der Waals surface area contributed by atoms with E-state index in [1.165, 1.54) is 0 Å². The van der Waals surface area contributed by atoms with Crippen molar-refractivity contribution >= 4 is 42.7 Å². The summed E-state index contributed by atoms with van der Waals surface area (Å²) in [5.41, 5.74) is 3.41. The van der Waals surface area contributed by atoms with Crippen LogP contribution in [0.4, 0.5) is 5.69 Å². The molecule has 0 radical (unpaired) electrons. The van der Waals surface area contributed by atoms with E-state index in [0.29, 0.717) is 22.7 Å². The molecule has 4 rings (SSSR count). The molecule has 27 heavy (non-hydrogen) atoms. The van der Waals surface area contributed by atoms with Crippen molar-refractivity contribution in [1.82, 2.24) is 4.98 Å². The molecule has 0 bridgehead atoms. The average Bonchev–Trinajstić information content (AvgIpc) is 3.05. The van der Waals surface area contributed by atoms with E-state index < -0.39 is 10.0 Å². The van der Waals surface area contributed by atoms with Gasteiger partial charge in [-0.2, -0.15) is 0 Å². The van der Waals surface area contributed by atoms with Gasteiger partial charge in [0.2, 0.25) is 5.89 Å². The summed E-state index contributed by atoms with van der Waals surface area (Å²) >= 11 is 3.48. The lowest BCUT2D eigenvalue weighted by molar-refractivity contribution is 0.601. The fourth-order valence-corrected chi connectivity index (χ4v) is 4.18. The van der Waals surface area contributed by atoms with Crippen LogP contribution in [0.2, 0.25) is 0 Å². The van der Waals surface area contributed by atoms with E-state index >= 15 is 0 Å². The summed E-state index contributed by atoms with van der Waals surface area (Å²) in [5.74, 6) is 0.469. The summed E-state index contributed by atoms with van der Waals surface area (Å²) in [6.45, 7) is 1.91. The van der Waals surface area contributed by atoms with Crippen LogP contribution in [0.5, 0.6) is 0 Å². The van der Waals surface area contributed by atoms with Crippen LogP contribution in [-0.4, -0.2) is 13.4 Å². The van der Waals surface area contributed by atoms with E-state index in [0.717, 1.165) is 15.6 Å². The monoisotopic (exact) mass is 442 g/mol. The molecule has 5 nitrogen and oxygen atoms in total. The standard InChI is InChI=1S/C20H15BrN2O3S/c1-13-6-9-15(10-7-13)27(24,25)23-14-8-11-19-18(12-14)22-20(26-19)16-4-2-3-5-17(16)21/h2-12,23H,1H3. The van der Waals surface area contributed by atoms with E-state index in [1.807, 2.05) is 31.2 Å². The van der Waals surface area contributed by atoms with Crippen molar-refractivity contribution in [2.75, 3.05) is 4.72 Å². The number of nitrogens with zero attached hydrogens (tertiary/aromatic N) is 1. The Balaban J connectivity index is 1.68. The van der Waals surface area contributed by atoms with Gasteiger partial charge in [-0.25, -0.2) is 13.4 Å². The predicted molar refractivity (Wildman–Crippen MR) is 109 cm³/mol. The number of hydrogen-bond acceptors (Lipinski definition) is 4. The third-order valence-electron chi connectivity index (χ3n) is 4.08. The van der Waals surface area contributed by atoms with E-state index in [1.54, 1.807) is 42.5 Å². The number of rotatable bonds is 4. The first-order chi connectivity index (χ1) is 12.9. The zero-order valence-corrected chi connectivity index (χ0v) is 16.7. The minimum Gasteiger partial charge on any atom is -0.436 e. The Morgan fingerprint density at radius 2 is 1.74 bits per heavy atom. The van der Waals surface area contributed by atoms with Gasteiger partial charge in [-0.15, -0.1) is 0 Å². The summed E-state index contributed by atoms with van der Waals surface area (Å²) in [5, 5.41) is 0. The minimum atomic E-state index is -3.67. The maximum atomic E-state index is 12.6. The van der Waals surface area contributed by atoms with E-state index in [9.17, 15) is 8.42 Å². The molecular formula is C20H15BrN2O3S. The van der Waals surface area contributed by atoms with Crippen LogP contribution >= 0.6 is 15.9 Å². The molecule has 0 aliphatic carbocycles. The Labute approximate surface area is 165 Å². The third kappa shape index (κ3) is 3.61. The summed E-state index contributed by atoms with van der Waals surface area (Å²) in [6.07, 6.45) is 0. The molecule has 3 aromatic carbocycles. The van der Waals surface area contributed by atoms with E-state index in [2.05, 4.69) is 25.6 Å². The summed E-state index contributed by atoms with van der Waals surface area (Å²) in [4.78, 5) is 4.70. The molecule has 7 heteroatoms. The average molecular weight is 443 g/mol. The van der Waals surface area contributed by atoms with Gasteiger partial charge < -0.3 is 4.42 Å². The van der Waals surface area contributed by atoms with Crippen LogP contribution in [0, 0.1) is 6.92 Å². The lowest BCUT2D eigenvalue weighted by Gasteiger charge is -2.08. The van der Waals surface area contributed by atoms with E-state index in [4.69, 9.17) is 4.42 Å². The first kappa shape index (κ1) is 17.8. The molecule has 0 fully saturated rings. The van der Waals surface area contributed by atoms with Crippen molar-refractivity contribution in [1.29, 1.82) is 0 Å². The predicted octanol–water partition coefficient (Wildman–Crippen LogP) is 5.37. The number of aromatic nitrogens is 1. The summed E-state index contributed by atoms with van der Waals surface area (Å²) in [7, 11) is -3.67. The number of sulfonamides is 1. The van der Waals surface area contributed by atoms with Crippen LogP contribution in [-0.2, 0) is 10.0 Å². The SMILES string of the molecule is Cc1ccc(S(=O)(=O)Nc2ccc3oc(-c4ccccc4Br)nc3c2)cc1. The zero-order valence-electron chi connectivity index (χ0n) is 14.3. The molecule has 0 spiro atoms. The fraction of sp³-hybridized carbons (Fsp3) is 0.0500. The van der Waals surface area contributed by atoms with E-state index in [-0.39, 0.29) is 4.90 Å². The quantitative estimate of drug-likeness (QED) is 0.461. The Morgan fingerprint density at radius 1 is 1.00 bits per heavy atom. The second kappa shape index (κ2) is 6.83. The summed E-state index contributed by atoms with van der Waals surface area (Å²) in [6, 6.07) is 19.3.